The van der Waals surface area contributed by atoms with Gasteiger partial charge in [0.1, 0.15) is 17.1 Å². The van der Waals surface area contributed by atoms with Crippen molar-refractivity contribution in [2.75, 3.05) is 13.1 Å². The molecule has 3 aromatic rings. The van der Waals surface area contributed by atoms with Crippen LogP contribution in [0.3, 0.4) is 0 Å². The lowest BCUT2D eigenvalue weighted by atomic mass is 10.0. The second-order valence-corrected chi connectivity index (χ2v) is 8.36. The molecule has 1 aliphatic carbocycles. The molecule has 136 valence electrons. The normalized spacial score (nSPS) is 19.5. The molecule has 5 rings (SSSR count). The topological polar surface area (TPSA) is 53.1 Å². The van der Waals surface area contributed by atoms with Crippen LogP contribution in [-0.2, 0) is 6.42 Å². The fourth-order valence-corrected chi connectivity index (χ4v) is 5.00. The third-order valence-electron chi connectivity index (χ3n) is 6.04. The van der Waals surface area contributed by atoms with Crippen LogP contribution in [0.2, 0.25) is 0 Å². The number of hydrogen-bond donors (Lipinski definition) is 0. The molecular formula is C22H20BrN3O. The molecule has 0 radical (unpaired) electrons. The van der Waals surface area contributed by atoms with Crippen molar-refractivity contribution in [3.63, 3.8) is 0 Å². The number of halogens is 1. The number of nitrogens with zero attached hydrogens (tertiary/aromatic N) is 3. The van der Waals surface area contributed by atoms with Gasteiger partial charge in [0, 0.05) is 16.1 Å². The molecule has 4 nitrogen and oxygen atoms in total. The van der Waals surface area contributed by atoms with Crippen LogP contribution in [0.1, 0.15) is 47.6 Å². The van der Waals surface area contributed by atoms with Crippen molar-refractivity contribution in [1.29, 1.82) is 5.26 Å². The molecule has 2 heterocycles. The summed E-state index contributed by atoms with van der Waals surface area (Å²) in [7, 11) is 0. The van der Waals surface area contributed by atoms with Crippen molar-refractivity contribution in [3.8, 4) is 17.5 Å². The Labute approximate surface area is 166 Å². The molecule has 0 amide bonds. The zero-order valence-electron chi connectivity index (χ0n) is 15.3. The molecule has 0 unspecified atom stereocenters. The van der Waals surface area contributed by atoms with E-state index in [0.717, 1.165) is 52.6 Å². The van der Waals surface area contributed by atoms with Crippen molar-refractivity contribution in [2.24, 2.45) is 0 Å². The molecule has 1 fully saturated rings. The fraction of sp³-hybridized carbons (Fsp3) is 0.364. The Morgan fingerprint density at radius 2 is 2.11 bits per heavy atom. The summed E-state index contributed by atoms with van der Waals surface area (Å²) in [6.07, 6.45) is 4.58. The van der Waals surface area contributed by atoms with Crippen LogP contribution < -0.4 is 0 Å². The van der Waals surface area contributed by atoms with Crippen LogP contribution in [0.15, 0.2) is 33.2 Å². The molecule has 0 N–H and O–H groups in total. The average Bonchev–Trinajstić information content (AvgIpc) is 3.40. The van der Waals surface area contributed by atoms with Crippen molar-refractivity contribution in [3.05, 3.63) is 51.0 Å². The van der Waals surface area contributed by atoms with Gasteiger partial charge in [-0.2, -0.15) is 5.26 Å². The second kappa shape index (κ2) is 6.47. The van der Waals surface area contributed by atoms with Crippen molar-refractivity contribution in [1.82, 2.24) is 9.88 Å². The zero-order valence-corrected chi connectivity index (χ0v) is 16.8. The number of likely N-dealkylation sites (tertiary alicyclic amines) is 1. The van der Waals surface area contributed by atoms with Crippen LogP contribution in [0, 0.1) is 18.3 Å². The minimum atomic E-state index is 0.423. The van der Waals surface area contributed by atoms with E-state index in [1.807, 2.05) is 25.1 Å². The van der Waals surface area contributed by atoms with Crippen LogP contribution in [0.4, 0.5) is 0 Å². The Kier molecular flexibility index (Phi) is 4.07. The van der Waals surface area contributed by atoms with E-state index >= 15 is 0 Å². The highest BCUT2D eigenvalue weighted by Gasteiger charge is 2.33. The molecule has 2 aromatic carbocycles. The summed E-state index contributed by atoms with van der Waals surface area (Å²) in [5, 5.41) is 9.87. The summed E-state index contributed by atoms with van der Waals surface area (Å²) in [6.45, 7) is 4.36. The lowest BCUT2D eigenvalue weighted by Gasteiger charge is -2.24. The third kappa shape index (κ3) is 2.62. The number of fused-ring (bicyclic) bond motifs is 2. The first-order chi connectivity index (χ1) is 13.2. The summed E-state index contributed by atoms with van der Waals surface area (Å²) in [4.78, 5) is 7.34. The van der Waals surface area contributed by atoms with Crippen molar-refractivity contribution in [2.45, 2.75) is 38.6 Å². The van der Waals surface area contributed by atoms with Crippen molar-refractivity contribution >= 4 is 27.0 Å². The molecule has 1 aliphatic heterocycles. The van der Waals surface area contributed by atoms with Crippen LogP contribution in [-0.4, -0.2) is 23.0 Å². The molecular weight excluding hydrogens is 402 g/mol. The van der Waals surface area contributed by atoms with Gasteiger partial charge in [0.15, 0.2) is 5.58 Å². The molecule has 0 bridgehead atoms. The minimum absolute atomic E-state index is 0.423. The van der Waals surface area contributed by atoms with Crippen LogP contribution in [0.5, 0.6) is 0 Å². The molecule has 27 heavy (non-hydrogen) atoms. The summed E-state index contributed by atoms with van der Waals surface area (Å²) in [6, 6.07) is 11.0. The number of rotatable bonds is 2. The quantitative estimate of drug-likeness (QED) is 0.546. The van der Waals surface area contributed by atoms with E-state index in [-0.39, 0.29) is 0 Å². The smallest absolute Gasteiger partial charge is 0.227 e. The highest BCUT2D eigenvalue weighted by molar-refractivity contribution is 9.10. The fourth-order valence-electron chi connectivity index (χ4n) is 4.63. The first-order valence-corrected chi connectivity index (χ1v) is 10.3. The molecule has 0 saturated carbocycles. The maximum atomic E-state index is 9.87. The van der Waals surface area contributed by atoms with Gasteiger partial charge in [-0.15, -0.1) is 0 Å². The van der Waals surface area contributed by atoms with E-state index in [0.29, 0.717) is 23.1 Å². The van der Waals surface area contributed by atoms with Crippen LogP contribution >= 0.6 is 15.9 Å². The summed E-state index contributed by atoms with van der Waals surface area (Å²) >= 11 is 3.58. The average molecular weight is 422 g/mol. The van der Waals surface area contributed by atoms with E-state index in [2.05, 4.69) is 33.0 Å². The van der Waals surface area contributed by atoms with E-state index in [4.69, 9.17) is 9.40 Å². The predicted octanol–water partition coefficient (Wildman–Crippen LogP) is 5.52. The van der Waals surface area contributed by atoms with Gasteiger partial charge in [-0.1, -0.05) is 22.0 Å². The van der Waals surface area contributed by atoms with E-state index < -0.39 is 0 Å². The highest BCUT2D eigenvalue weighted by atomic mass is 79.9. The van der Waals surface area contributed by atoms with Gasteiger partial charge in [-0.25, -0.2) is 4.98 Å². The summed E-state index contributed by atoms with van der Waals surface area (Å²) in [5.74, 6) is 0.585. The maximum Gasteiger partial charge on any atom is 0.227 e. The SMILES string of the molecule is Cc1c(Br)cccc1-c1nc2cc3c(c(C#N)c2o1)CC[C@H]3N1CCCC1. The van der Waals surface area contributed by atoms with Gasteiger partial charge in [0.2, 0.25) is 5.89 Å². The maximum absolute atomic E-state index is 9.87. The Bertz CT molecular complexity index is 1090. The van der Waals surface area contributed by atoms with Gasteiger partial charge < -0.3 is 4.42 Å². The second-order valence-electron chi connectivity index (χ2n) is 7.51. The number of benzene rings is 2. The first kappa shape index (κ1) is 17.0. The molecule has 2 aliphatic rings. The number of oxazole rings is 1. The summed E-state index contributed by atoms with van der Waals surface area (Å²) in [5.41, 5.74) is 6.60. The Hall–Kier alpha value is -2.16. The number of hydrogen-bond acceptors (Lipinski definition) is 4. The largest absolute Gasteiger partial charge is 0.435 e. The van der Waals surface area contributed by atoms with Gasteiger partial charge >= 0.3 is 0 Å². The van der Waals surface area contributed by atoms with E-state index in [1.54, 1.807) is 0 Å². The zero-order chi connectivity index (χ0) is 18.5. The Morgan fingerprint density at radius 3 is 2.89 bits per heavy atom. The minimum Gasteiger partial charge on any atom is -0.435 e. The van der Waals surface area contributed by atoms with E-state index in [1.165, 1.54) is 18.4 Å². The lowest BCUT2D eigenvalue weighted by Crippen LogP contribution is -2.23. The Morgan fingerprint density at radius 1 is 1.30 bits per heavy atom. The van der Waals surface area contributed by atoms with Gasteiger partial charge in [0.25, 0.3) is 0 Å². The molecule has 1 atom stereocenters. The number of aromatic nitrogens is 1. The summed E-state index contributed by atoms with van der Waals surface area (Å²) < 4.78 is 7.16. The Balaban J connectivity index is 1.68. The standard InChI is InChI=1S/C22H20BrN3O/c1-13-14(5-4-6-18(13)23)22-25-19-11-16-15(17(12-24)21(19)27-22)7-8-20(16)26-9-2-3-10-26/h4-6,11,20H,2-3,7-10H2,1H3/t20-/m1/s1. The first-order valence-electron chi connectivity index (χ1n) is 9.53. The van der Waals surface area contributed by atoms with Crippen molar-refractivity contribution < 1.29 is 4.42 Å². The monoisotopic (exact) mass is 421 g/mol. The van der Waals surface area contributed by atoms with E-state index in [9.17, 15) is 5.26 Å². The predicted molar refractivity (Wildman–Crippen MR) is 108 cm³/mol. The molecule has 5 heteroatoms. The molecule has 1 aromatic heterocycles. The highest BCUT2D eigenvalue weighted by Crippen LogP contribution is 2.42. The number of nitriles is 1. The molecule has 0 spiro atoms. The van der Waals surface area contributed by atoms with Gasteiger partial charge in [-0.05, 0) is 80.6 Å². The third-order valence-corrected chi connectivity index (χ3v) is 6.90. The lowest BCUT2D eigenvalue weighted by molar-refractivity contribution is 0.245. The van der Waals surface area contributed by atoms with Crippen LogP contribution in [0.25, 0.3) is 22.6 Å². The van der Waals surface area contributed by atoms with Gasteiger partial charge in [-0.3, -0.25) is 4.90 Å². The molecule has 1 saturated heterocycles. The van der Waals surface area contributed by atoms with Gasteiger partial charge in [0.05, 0.1) is 0 Å².